The van der Waals surface area contributed by atoms with Gasteiger partial charge in [-0.25, -0.2) is 4.98 Å². The van der Waals surface area contributed by atoms with Crippen LogP contribution in [0, 0.1) is 12.8 Å². The number of anilines is 1. The summed E-state index contributed by atoms with van der Waals surface area (Å²) in [5, 5.41) is 13.2. The number of aryl methyl sites for hydroxylation is 1. The van der Waals surface area contributed by atoms with Crippen LogP contribution in [0.1, 0.15) is 50.1 Å². The Balaban J connectivity index is 1.30. The first kappa shape index (κ1) is 18.2. The van der Waals surface area contributed by atoms with Gasteiger partial charge in [-0.15, -0.1) is 21.5 Å². The molecule has 0 aromatic carbocycles. The molecule has 4 heterocycles. The van der Waals surface area contributed by atoms with Gasteiger partial charge >= 0.3 is 0 Å². The van der Waals surface area contributed by atoms with E-state index in [9.17, 15) is 0 Å². The molecule has 1 saturated heterocycles. The molecule has 28 heavy (non-hydrogen) atoms. The third-order valence-corrected chi connectivity index (χ3v) is 7.36. The molecule has 1 aliphatic heterocycles. The molecule has 0 unspecified atom stereocenters. The average Bonchev–Trinajstić information content (AvgIpc) is 3.08. The zero-order valence-electron chi connectivity index (χ0n) is 16.3. The van der Waals surface area contributed by atoms with Crippen molar-refractivity contribution >= 4 is 29.0 Å². The first-order valence-electron chi connectivity index (χ1n) is 10.0. The molecule has 0 N–H and O–H groups in total. The Bertz CT molecular complexity index is 950. The Hall–Kier alpha value is -1.80. The van der Waals surface area contributed by atoms with Gasteiger partial charge in [0.1, 0.15) is 5.76 Å². The van der Waals surface area contributed by atoms with Crippen molar-refractivity contribution < 1.29 is 4.42 Å². The van der Waals surface area contributed by atoms with Gasteiger partial charge in [-0.05, 0) is 50.7 Å². The monoisotopic (exact) mass is 415 g/mol. The van der Waals surface area contributed by atoms with Crippen LogP contribution in [0.2, 0.25) is 0 Å². The summed E-state index contributed by atoms with van der Waals surface area (Å²) >= 11 is 3.38. The van der Waals surface area contributed by atoms with Crippen molar-refractivity contribution in [3.63, 3.8) is 0 Å². The van der Waals surface area contributed by atoms with Crippen molar-refractivity contribution in [2.75, 3.05) is 18.0 Å². The van der Waals surface area contributed by atoms with E-state index < -0.39 is 0 Å². The number of hydrogen-bond acceptors (Lipinski definition) is 7. The Morgan fingerprint density at radius 2 is 2.00 bits per heavy atom. The molecule has 3 aromatic rings. The van der Waals surface area contributed by atoms with Crippen molar-refractivity contribution in [1.82, 2.24) is 19.7 Å². The molecule has 0 amide bonds. The second kappa shape index (κ2) is 7.55. The Labute approximate surface area is 173 Å². The van der Waals surface area contributed by atoms with Gasteiger partial charge in [-0.2, -0.15) is 0 Å². The van der Waals surface area contributed by atoms with Crippen LogP contribution in [0.4, 0.5) is 5.95 Å². The predicted octanol–water partition coefficient (Wildman–Crippen LogP) is 5.17. The fourth-order valence-corrected chi connectivity index (χ4v) is 5.40. The number of thiazole rings is 1. The molecule has 2 fully saturated rings. The van der Waals surface area contributed by atoms with E-state index in [-0.39, 0.29) is 0 Å². The summed E-state index contributed by atoms with van der Waals surface area (Å²) in [6.07, 6.45) is 4.96. The SMILES string of the molecule is Cc1ccc(-c2nc(CSc3nnc(N4CCC(C)CC4)n3C3CC3)cs2)o1. The van der Waals surface area contributed by atoms with Gasteiger partial charge in [0.15, 0.2) is 15.9 Å². The van der Waals surface area contributed by atoms with E-state index in [1.165, 1.54) is 25.7 Å². The third kappa shape index (κ3) is 3.72. The molecule has 0 bridgehead atoms. The zero-order chi connectivity index (χ0) is 19.1. The molecule has 6 nitrogen and oxygen atoms in total. The van der Waals surface area contributed by atoms with Crippen molar-refractivity contribution in [2.24, 2.45) is 5.92 Å². The average molecular weight is 416 g/mol. The van der Waals surface area contributed by atoms with Crippen molar-refractivity contribution in [3.05, 3.63) is 29.0 Å². The number of rotatable bonds is 6. The minimum atomic E-state index is 0.573. The zero-order valence-corrected chi connectivity index (χ0v) is 17.9. The third-order valence-electron chi connectivity index (χ3n) is 5.48. The predicted molar refractivity (Wildman–Crippen MR) is 113 cm³/mol. The summed E-state index contributed by atoms with van der Waals surface area (Å²) < 4.78 is 8.07. The van der Waals surface area contributed by atoms with Gasteiger partial charge in [0, 0.05) is 30.3 Å². The highest BCUT2D eigenvalue weighted by atomic mass is 32.2. The second-order valence-electron chi connectivity index (χ2n) is 7.90. The van der Waals surface area contributed by atoms with Crippen molar-refractivity contribution in [2.45, 2.75) is 56.5 Å². The summed E-state index contributed by atoms with van der Waals surface area (Å²) in [7, 11) is 0. The van der Waals surface area contributed by atoms with Crippen LogP contribution in [0.3, 0.4) is 0 Å². The van der Waals surface area contributed by atoms with Gasteiger partial charge in [0.2, 0.25) is 5.95 Å². The highest BCUT2D eigenvalue weighted by Crippen LogP contribution is 2.42. The van der Waals surface area contributed by atoms with E-state index in [1.54, 1.807) is 23.1 Å². The summed E-state index contributed by atoms with van der Waals surface area (Å²) in [6, 6.07) is 4.54. The number of furan rings is 1. The molecule has 0 atom stereocenters. The molecule has 1 aliphatic carbocycles. The van der Waals surface area contributed by atoms with Crippen LogP contribution >= 0.6 is 23.1 Å². The normalized spacial score (nSPS) is 18.1. The highest BCUT2D eigenvalue weighted by molar-refractivity contribution is 7.98. The summed E-state index contributed by atoms with van der Waals surface area (Å²) in [6.45, 7) is 6.49. The van der Waals surface area contributed by atoms with Crippen LogP contribution in [-0.2, 0) is 5.75 Å². The molecule has 8 heteroatoms. The van der Waals surface area contributed by atoms with Gasteiger partial charge in [0.25, 0.3) is 0 Å². The molecule has 1 saturated carbocycles. The van der Waals surface area contributed by atoms with E-state index in [1.807, 2.05) is 19.1 Å². The van der Waals surface area contributed by atoms with E-state index in [0.29, 0.717) is 6.04 Å². The molecule has 5 rings (SSSR count). The van der Waals surface area contributed by atoms with Crippen molar-refractivity contribution in [1.29, 1.82) is 0 Å². The molecule has 0 radical (unpaired) electrons. The lowest BCUT2D eigenvalue weighted by molar-refractivity contribution is 0.429. The highest BCUT2D eigenvalue weighted by Gasteiger charge is 2.32. The van der Waals surface area contributed by atoms with E-state index >= 15 is 0 Å². The standard InChI is InChI=1S/C20H25N5OS2/c1-13-7-9-24(10-8-13)19-22-23-20(25(19)16-4-5-16)28-12-15-11-27-18(21-15)17-6-3-14(2)26-17/h3,6,11,13,16H,4-5,7-10,12H2,1-2H3. The quantitative estimate of drug-likeness (QED) is 0.518. The van der Waals surface area contributed by atoms with Gasteiger partial charge in [-0.1, -0.05) is 18.7 Å². The molecule has 0 spiro atoms. The number of nitrogens with zero attached hydrogens (tertiary/aromatic N) is 5. The maximum Gasteiger partial charge on any atom is 0.228 e. The van der Waals surface area contributed by atoms with Crippen LogP contribution in [0.5, 0.6) is 0 Å². The lowest BCUT2D eigenvalue weighted by atomic mass is 10.00. The molecular weight excluding hydrogens is 390 g/mol. The lowest BCUT2D eigenvalue weighted by Gasteiger charge is -2.31. The van der Waals surface area contributed by atoms with Gasteiger partial charge < -0.3 is 9.32 Å². The summed E-state index contributed by atoms with van der Waals surface area (Å²) in [4.78, 5) is 7.17. The van der Waals surface area contributed by atoms with Crippen LogP contribution < -0.4 is 4.90 Å². The summed E-state index contributed by atoms with van der Waals surface area (Å²) in [5.74, 6) is 4.46. The molecule has 2 aliphatic rings. The fourth-order valence-electron chi connectivity index (χ4n) is 3.62. The maximum atomic E-state index is 5.69. The van der Waals surface area contributed by atoms with Crippen LogP contribution in [0.25, 0.3) is 10.8 Å². The fraction of sp³-hybridized carbons (Fsp3) is 0.550. The van der Waals surface area contributed by atoms with Gasteiger partial charge in [0.05, 0.1) is 5.69 Å². The molecule has 148 valence electrons. The smallest absolute Gasteiger partial charge is 0.228 e. The van der Waals surface area contributed by atoms with Crippen LogP contribution in [-0.4, -0.2) is 32.8 Å². The van der Waals surface area contributed by atoms with E-state index in [4.69, 9.17) is 9.40 Å². The minimum Gasteiger partial charge on any atom is -0.459 e. The minimum absolute atomic E-state index is 0.573. The largest absolute Gasteiger partial charge is 0.459 e. The number of thioether (sulfide) groups is 1. The topological polar surface area (TPSA) is 60.0 Å². The summed E-state index contributed by atoms with van der Waals surface area (Å²) in [5.41, 5.74) is 1.07. The van der Waals surface area contributed by atoms with Crippen molar-refractivity contribution in [3.8, 4) is 10.8 Å². The second-order valence-corrected chi connectivity index (χ2v) is 9.70. The van der Waals surface area contributed by atoms with Gasteiger partial charge in [-0.3, -0.25) is 4.57 Å². The van der Waals surface area contributed by atoms with E-state index in [2.05, 4.69) is 32.0 Å². The number of piperidine rings is 1. The first-order valence-corrected chi connectivity index (χ1v) is 11.9. The van der Waals surface area contributed by atoms with E-state index in [0.717, 1.165) is 58.1 Å². The molecule has 3 aromatic heterocycles. The number of aromatic nitrogens is 4. The Kier molecular flexibility index (Phi) is 4.92. The maximum absolute atomic E-state index is 5.69. The Morgan fingerprint density at radius 1 is 1.18 bits per heavy atom. The molecular formula is C20H25N5OS2. The Morgan fingerprint density at radius 3 is 2.71 bits per heavy atom. The lowest BCUT2D eigenvalue weighted by Crippen LogP contribution is -2.34. The first-order chi connectivity index (χ1) is 13.7. The van der Waals surface area contributed by atoms with Crippen LogP contribution in [0.15, 0.2) is 27.1 Å². The number of hydrogen-bond donors (Lipinski definition) is 0.